The highest BCUT2D eigenvalue weighted by atomic mass is 35.5. The Labute approximate surface area is 143 Å². The van der Waals surface area contributed by atoms with E-state index in [4.69, 9.17) is 17.3 Å². The van der Waals surface area contributed by atoms with Gasteiger partial charge in [0.25, 0.3) is 5.91 Å². The minimum absolute atomic E-state index is 0.114. The summed E-state index contributed by atoms with van der Waals surface area (Å²) in [6, 6.07) is 10.6. The van der Waals surface area contributed by atoms with Gasteiger partial charge in [0.15, 0.2) is 0 Å². The maximum absolute atomic E-state index is 13.8. The predicted octanol–water partition coefficient (Wildman–Crippen LogP) is 2.80. The molecule has 1 aliphatic rings. The van der Waals surface area contributed by atoms with Gasteiger partial charge in [0.05, 0.1) is 5.56 Å². The number of anilines is 2. The number of halogens is 2. The number of primary amides is 1. The van der Waals surface area contributed by atoms with Crippen LogP contribution in [0.3, 0.4) is 0 Å². The fourth-order valence-corrected chi connectivity index (χ4v) is 2.90. The molecule has 0 saturated carbocycles. The molecule has 0 bridgehead atoms. The normalized spacial score (nSPS) is 17.2. The molecule has 124 valence electrons. The molecular formula is C17H15ClFN3O2. The van der Waals surface area contributed by atoms with E-state index in [-0.39, 0.29) is 11.5 Å². The van der Waals surface area contributed by atoms with Crippen LogP contribution in [0.2, 0.25) is 5.02 Å². The summed E-state index contributed by atoms with van der Waals surface area (Å²) in [5.74, 6) is -1.66. The van der Waals surface area contributed by atoms with E-state index in [9.17, 15) is 14.0 Å². The molecule has 1 unspecified atom stereocenters. The van der Waals surface area contributed by atoms with Crippen molar-refractivity contribution in [3.63, 3.8) is 0 Å². The highest BCUT2D eigenvalue weighted by Gasteiger charge is 2.32. The molecule has 3 N–H and O–H groups in total. The Morgan fingerprint density at radius 2 is 2.08 bits per heavy atom. The Hall–Kier alpha value is -2.60. The summed E-state index contributed by atoms with van der Waals surface area (Å²) in [4.78, 5) is 25.2. The minimum Gasteiger partial charge on any atom is -0.374 e. The van der Waals surface area contributed by atoms with Crippen molar-refractivity contribution in [1.29, 1.82) is 0 Å². The van der Waals surface area contributed by atoms with Gasteiger partial charge in [0.2, 0.25) is 5.91 Å². The van der Waals surface area contributed by atoms with Crippen LogP contribution in [0.4, 0.5) is 15.8 Å². The third-order valence-corrected chi connectivity index (χ3v) is 4.14. The number of benzene rings is 2. The van der Waals surface area contributed by atoms with Crippen LogP contribution in [0.25, 0.3) is 0 Å². The molecule has 2 aromatic carbocycles. The Bertz CT molecular complexity index is 812. The zero-order chi connectivity index (χ0) is 17.3. The Morgan fingerprint density at radius 3 is 2.75 bits per heavy atom. The van der Waals surface area contributed by atoms with Crippen LogP contribution in [-0.4, -0.2) is 24.4 Å². The summed E-state index contributed by atoms with van der Waals surface area (Å²) in [5.41, 5.74) is 6.04. The van der Waals surface area contributed by atoms with Crippen LogP contribution in [0, 0.1) is 5.82 Å². The highest BCUT2D eigenvalue weighted by Crippen LogP contribution is 2.26. The quantitative estimate of drug-likeness (QED) is 0.893. The Morgan fingerprint density at radius 1 is 1.29 bits per heavy atom. The second-order valence-corrected chi connectivity index (χ2v) is 5.95. The van der Waals surface area contributed by atoms with Gasteiger partial charge >= 0.3 is 0 Å². The molecule has 2 amide bonds. The predicted molar refractivity (Wildman–Crippen MR) is 90.8 cm³/mol. The Kier molecular flexibility index (Phi) is 4.40. The maximum Gasteiger partial charge on any atom is 0.251 e. The van der Waals surface area contributed by atoms with Crippen molar-refractivity contribution in [3.05, 3.63) is 58.9 Å². The van der Waals surface area contributed by atoms with Crippen molar-refractivity contribution in [3.8, 4) is 0 Å². The average molecular weight is 348 g/mol. The van der Waals surface area contributed by atoms with E-state index in [1.54, 1.807) is 23.1 Å². The lowest BCUT2D eigenvalue weighted by atomic mass is 10.1. The number of hydrogen-bond donors (Lipinski definition) is 2. The monoisotopic (exact) mass is 347 g/mol. The van der Waals surface area contributed by atoms with Gasteiger partial charge in [-0.25, -0.2) is 4.39 Å². The smallest absolute Gasteiger partial charge is 0.251 e. The molecule has 0 aromatic heterocycles. The van der Waals surface area contributed by atoms with Crippen LogP contribution < -0.4 is 16.0 Å². The van der Waals surface area contributed by atoms with E-state index in [0.717, 1.165) is 11.8 Å². The first kappa shape index (κ1) is 16.3. The van der Waals surface area contributed by atoms with Crippen molar-refractivity contribution in [1.82, 2.24) is 0 Å². The number of nitrogens with zero attached hydrogens (tertiary/aromatic N) is 1. The van der Waals surface area contributed by atoms with E-state index < -0.39 is 17.8 Å². The molecule has 2 aromatic rings. The van der Waals surface area contributed by atoms with Gasteiger partial charge < -0.3 is 16.0 Å². The van der Waals surface area contributed by atoms with Crippen LogP contribution in [0.1, 0.15) is 16.8 Å². The zero-order valence-electron chi connectivity index (χ0n) is 12.6. The molecule has 1 saturated heterocycles. The third-order valence-electron chi connectivity index (χ3n) is 3.90. The SMILES string of the molecule is NC(=O)c1ccc(NC2CCN(c3cccc(Cl)c3)C2=O)cc1F. The topological polar surface area (TPSA) is 75.4 Å². The van der Waals surface area contributed by atoms with E-state index in [1.807, 2.05) is 6.07 Å². The standard InChI is InChI=1S/C17H15ClFN3O2/c18-10-2-1-3-12(8-10)22-7-6-15(17(22)24)21-11-4-5-13(16(20)23)14(19)9-11/h1-5,8-9,15,21H,6-7H2,(H2,20,23). The first-order chi connectivity index (χ1) is 11.5. The molecule has 1 atom stereocenters. The molecular weight excluding hydrogens is 333 g/mol. The van der Waals surface area contributed by atoms with Crippen molar-refractivity contribution in [2.24, 2.45) is 5.73 Å². The molecule has 7 heteroatoms. The molecule has 0 spiro atoms. The summed E-state index contributed by atoms with van der Waals surface area (Å²) in [6.45, 7) is 0.540. The summed E-state index contributed by atoms with van der Waals surface area (Å²) < 4.78 is 13.8. The number of nitrogens with two attached hydrogens (primary N) is 1. The number of carbonyl (C=O) groups excluding carboxylic acids is 2. The van der Waals surface area contributed by atoms with Crippen molar-refractivity contribution in [2.45, 2.75) is 12.5 Å². The molecule has 1 fully saturated rings. The molecule has 0 aliphatic carbocycles. The highest BCUT2D eigenvalue weighted by molar-refractivity contribution is 6.31. The molecule has 3 rings (SSSR count). The van der Waals surface area contributed by atoms with Gasteiger partial charge in [-0.1, -0.05) is 17.7 Å². The molecule has 1 aliphatic heterocycles. The number of rotatable bonds is 4. The molecule has 0 radical (unpaired) electrons. The van der Waals surface area contributed by atoms with Crippen molar-refractivity contribution >= 4 is 34.8 Å². The van der Waals surface area contributed by atoms with E-state index >= 15 is 0 Å². The van der Waals surface area contributed by atoms with Crippen LogP contribution in [0.5, 0.6) is 0 Å². The first-order valence-electron chi connectivity index (χ1n) is 7.38. The van der Waals surface area contributed by atoms with Gasteiger partial charge in [-0.2, -0.15) is 0 Å². The van der Waals surface area contributed by atoms with E-state index in [2.05, 4.69) is 5.32 Å². The van der Waals surface area contributed by atoms with Gasteiger partial charge in [-0.05, 0) is 42.8 Å². The second kappa shape index (κ2) is 6.49. The summed E-state index contributed by atoms with van der Waals surface area (Å²) in [6.07, 6.45) is 0.574. The number of amides is 2. The Balaban J connectivity index is 1.74. The minimum atomic E-state index is -0.830. The van der Waals surface area contributed by atoms with E-state index in [1.165, 1.54) is 12.1 Å². The van der Waals surface area contributed by atoms with Gasteiger partial charge in [-0.3, -0.25) is 9.59 Å². The van der Waals surface area contributed by atoms with Crippen molar-refractivity contribution in [2.75, 3.05) is 16.8 Å². The average Bonchev–Trinajstić information content (AvgIpc) is 2.88. The number of nitrogens with one attached hydrogen (secondary N) is 1. The van der Waals surface area contributed by atoms with Gasteiger partial charge in [0, 0.05) is 22.9 Å². The zero-order valence-corrected chi connectivity index (χ0v) is 13.4. The summed E-state index contributed by atoms with van der Waals surface area (Å²) in [7, 11) is 0. The maximum atomic E-state index is 13.8. The van der Waals surface area contributed by atoms with Crippen LogP contribution in [-0.2, 0) is 4.79 Å². The lowest BCUT2D eigenvalue weighted by Crippen LogP contribution is -2.33. The second-order valence-electron chi connectivity index (χ2n) is 5.51. The lowest BCUT2D eigenvalue weighted by Gasteiger charge is -2.18. The van der Waals surface area contributed by atoms with E-state index in [0.29, 0.717) is 23.7 Å². The summed E-state index contributed by atoms with van der Waals surface area (Å²) >= 11 is 5.96. The molecule has 1 heterocycles. The van der Waals surface area contributed by atoms with Crippen LogP contribution in [0.15, 0.2) is 42.5 Å². The van der Waals surface area contributed by atoms with Gasteiger partial charge in [0.1, 0.15) is 11.9 Å². The number of carbonyl (C=O) groups is 2. The van der Waals surface area contributed by atoms with Crippen molar-refractivity contribution < 1.29 is 14.0 Å². The largest absolute Gasteiger partial charge is 0.374 e. The molecule has 24 heavy (non-hydrogen) atoms. The lowest BCUT2D eigenvalue weighted by molar-refractivity contribution is -0.117. The third kappa shape index (κ3) is 3.19. The molecule has 5 nitrogen and oxygen atoms in total. The fraction of sp³-hybridized carbons (Fsp3) is 0.176. The first-order valence-corrected chi connectivity index (χ1v) is 7.76. The number of hydrogen-bond acceptors (Lipinski definition) is 3. The summed E-state index contributed by atoms with van der Waals surface area (Å²) in [5, 5.41) is 3.55. The van der Waals surface area contributed by atoms with Crippen LogP contribution >= 0.6 is 11.6 Å². The fourth-order valence-electron chi connectivity index (χ4n) is 2.72. The van der Waals surface area contributed by atoms with Gasteiger partial charge in [-0.15, -0.1) is 0 Å².